The summed E-state index contributed by atoms with van der Waals surface area (Å²) in [6, 6.07) is 6.02. The fourth-order valence-electron chi connectivity index (χ4n) is 1.44. The molecule has 0 spiro atoms. The summed E-state index contributed by atoms with van der Waals surface area (Å²) in [6.07, 6.45) is 0.205. The molecule has 0 fully saturated rings. The summed E-state index contributed by atoms with van der Waals surface area (Å²) in [4.78, 5) is 13.3. The van der Waals surface area contributed by atoms with Gasteiger partial charge in [0, 0.05) is 19.2 Å². The maximum Gasteiger partial charge on any atom is 0.256 e. The maximum atomic E-state index is 13.6. The first-order valence-electron chi connectivity index (χ1n) is 5.71. The normalized spacial score (nSPS) is 9.16. The van der Waals surface area contributed by atoms with E-state index in [0.29, 0.717) is 5.56 Å². The number of nitrogens with zero attached hydrogens (tertiary/aromatic N) is 2. The molecule has 1 aromatic rings. The monoisotopic (exact) mass is 259 g/mol. The van der Waals surface area contributed by atoms with Crippen molar-refractivity contribution in [3.63, 3.8) is 0 Å². The number of nitrogens with two attached hydrogens (primary N) is 1. The summed E-state index contributed by atoms with van der Waals surface area (Å²) in [5, 5.41) is 8.47. The lowest BCUT2D eigenvalue weighted by Crippen LogP contribution is -2.28. The highest BCUT2D eigenvalue weighted by Crippen LogP contribution is 2.12. The minimum atomic E-state index is -0.605. The van der Waals surface area contributed by atoms with Gasteiger partial charge in [-0.3, -0.25) is 4.79 Å². The topological polar surface area (TPSA) is 70.1 Å². The Morgan fingerprint density at radius 2 is 2.26 bits per heavy atom. The fourth-order valence-corrected chi connectivity index (χ4v) is 1.44. The van der Waals surface area contributed by atoms with Gasteiger partial charge in [-0.15, -0.1) is 0 Å². The molecule has 19 heavy (non-hydrogen) atoms. The smallest absolute Gasteiger partial charge is 0.256 e. The van der Waals surface area contributed by atoms with E-state index in [1.54, 1.807) is 0 Å². The minimum Gasteiger partial charge on any atom is -0.341 e. The number of carbonyl (C=O) groups is 1. The molecule has 0 aliphatic carbocycles. The molecule has 1 aromatic carbocycles. The molecule has 0 aromatic heterocycles. The summed E-state index contributed by atoms with van der Waals surface area (Å²) in [7, 11) is 1.53. The Morgan fingerprint density at radius 1 is 1.53 bits per heavy atom. The van der Waals surface area contributed by atoms with Crippen molar-refractivity contribution < 1.29 is 9.18 Å². The Balaban J connectivity index is 2.99. The molecule has 2 N–H and O–H groups in total. The standard InChI is InChI=1S/C14H14FN3O/c1-18(9-3-8-17)14(19)12-10-11(4-2-7-16)5-6-13(12)15/h5-6,10H,3,7,9,16H2,1H3. The zero-order valence-electron chi connectivity index (χ0n) is 10.6. The van der Waals surface area contributed by atoms with Crippen molar-refractivity contribution in [1.29, 1.82) is 5.26 Å². The van der Waals surface area contributed by atoms with Gasteiger partial charge >= 0.3 is 0 Å². The zero-order chi connectivity index (χ0) is 14.3. The molecule has 1 amide bonds. The first kappa shape index (κ1) is 14.7. The first-order chi connectivity index (χ1) is 9.10. The molecule has 0 unspecified atom stereocenters. The minimum absolute atomic E-state index is 0.0516. The Morgan fingerprint density at radius 3 is 2.89 bits per heavy atom. The highest BCUT2D eigenvalue weighted by molar-refractivity contribution is 5.94. The lowest BCUT2D eigenvalue weighted by molar-refractivity contribution is 0.0793. The molecule has 0 atom stereocenters. The number of amides is 1. The van der Waals surface area contributed by atoms with E-state index in [1.165, 1.54) is 30.1 Å². The largest absolute Gasteiger partial charge is 0.341 e. The van der Waals surface area contributed by atoms with Gasteiger partial charge < -0.3 is 10.6 Å². The van der Waals surface area contributed by atoms with Gasteiger partial charge in [0.25, 0.3) is 5.91 Å². The van der Waals surface area contributed by atoms with Gasteiger partial charge in [-0.2, -0.15) is 5.26 Å². The predicted octanol–water partition coefficient (Wildman–Crippen LogP) is 1.12. The lowest BCUT2D eigenvalue weighted by atomic mass is 10.1. The Kier molecular flexibility index (Phi) is 5.53. The summed E-state index contributed by atoms with van der Waals surface area (Å²) in [6.45, 7) is 0.455. The van der Waals surface area contributed by atoms with Gasteiger partial charge in [0.2, 0.25) is 0 Å². The fraction of sp³-hybridized carbons (Fsp3) is 0.286. The van der Waals surface area contributed by atoms with Crippen LogP contribution in [0.4, 0.5) is 4.39 Å². The van der Waals surface area contributed by atoms with E-state index >= 15 is 0 Å². The molecule has 0 aliphatic rings. The molecule has 4 nitrogen and oxygen atoms in total. The Labute approximate surface area is 111 Å². The average molecular weight is 259 g/mol. The van der Waals surface area contributed by atoms with Gasteiger partial charge in [-0.25, -0.2) is 4.39 Å². The van der Waals surface area contributed by atoms with Crippen molar-refractivity contribution in [1.82, 2.24) is 4.90 Å². The first-order valence-corrected chi connectivity index (χ1v) is 5.71. The van der Waals surface area contributed by atoms with E-state index in [-0.39, 0.29) is 25.1 Å². The zero-order valence-corrected chi connectivity index (χ0v) is 10.6. The van der Waals surface area contributed by atoms with Gasteiger partial charge in [-0.05, 0) is 18.2 Å². The molecule has 0 heterocycles. The van der Waals surface area contributed by atoms with Gasteiger partial charge in [0.05, 0.1) is 24.6 Å². The quantitative estimate of drug-likeness (QED) is 0.827. The average Bonchev–Trinajstić information content (AvgIpc) is 2.43. The van der Waals surface area contributed by atoms with Gasteiger partial charge in [0.1, 0.15) is 5.82 Å². The third-order valence-corrected chi connectivity index (χ3v) is 2.44. The number of hydrogen-bond donors (Lipinski definition) is 1. The number of nitriles is 1. The van der Waals surface area contributed by atoms with E-state index < -0.39 is 11.7 Å². The van der Waals surface area contributed by atoms with Crippen LogP contribution in [0.15, 0.2) is 18.2 Å². The van der Waals surface area contributed by atoms with E-state index in [0.717, 1.165) is 0 Å². The maximum absolute atomic E-state index is 13.6. The second kappa shape index (κ2) is 7.15. The lowest BCUT2D eigenvalue weighted by Gasteiger charge is -2.15. The van der Waals surface area contributed by atoms with Crippen molar-refractivity contribution in [2.24, 2.45) is 5.73 Å². The molecule has 1 rings (SSSR count). The third-order valence-electron chi connectivity index (χ3n) is 2.44. The SMILES string of the molecule is CN(CCC#N)C(=O)c1cc(C#CCN)ccc1F. The molecule has 98 valence electrons. The van der Waals surface area contributed by atoms with Crippen LogP contribution >= 0.6 is 0 Å². The van der Waals surface area contributed by atoms with Crippen LogP contribution in [0, 0.1) is 29.0 Å². The molecule has 5 heteroatoms. The molecule has 0 saturated carbocycles. The Hall–Kier alpha value is -2.37. The summed E-state index contributed by atoms with van der Waals surface area (Å²) < 4.78 is 13.6. The molecular weight excluding hydrogens is 245 g/mol. The number of halogens is 1. The van der Waals surface area contributed by atoms with Crippen LogP contribution in [-0.4, -0.2) is 30.9 Å². The third kappa shape index (κ3) is 4.09. The highest BCUT2D eigenvalue weighted by Gasteiger charge is 2.16. The van der Waals surface area contributed by atoms with Crippen LogP contribution in [0.1, 0.15) is 22.3 Å². The molecule has 0 saturated heterocycles. The second-order valence-corrected chi connectivity index (χ2v) is 3.84. The second-order valence-electron chi connectivity index (χ2n) is 3.84. The van der Waals surface area contributed by atoms with Crippen LogP contribution in [0.3, 0.4) is 0 Å². The van der Waals surface area contributed by atoms with Crippen molar-refractivity contribution >= 4 is 5.91 Å². The Bertz CT molecular complexity index is 566. The number of carbonyl (C=O) groups excluding carboxylic acids is 1. The number of hydrogen-bond acceptors (Lipinski definition) is 3. The van der Waals surface area contributed by atoms with E-state index in [9.17, 15) is 9.18 Å². The molecule has 0 radical (unpaired) electrons. The van der Waals surface area contributed by atoms with Gasteiger partial charge in [-0.1, -0.05) is 11.8 Å². The summed E-state index contributed by atoms with van der Waals surface area (Å²) in [5.74, 6) is 4.31. The molecule has 0 aliphatic heterocycles. The summed E-state index contributed by atoms with van der Waals surface area (Å²) >= 11 is 0. The van der Waals surface area contributed by atoms with E-state index in [4.69, 9.17) is 11.0 Å². The number of benzene rings is 1. The highest BCUT2D eigenvalue weighted by atomic mass is 19.1. The van der Waals surface area contributed by atoms with Crippen LogP contribution in [0.2, 0.25) is 0 Å². The van der Waals surface area contributed by atoms with Crippen molar-refractivity contribution in [3.8, 4) is 17.9 Å². The molecular formula is C14H14FN3O. The number of rotatable bonds is 3. The van der Waals surface area contributed by atoms with Crippen molar-refractivity contribution in [3.05, 3.63) is 35.1 Å². The van der Waals surface area contributed by atoms with E-state index in [2.05, 4.69) is 11.8 Å². The van der Waals surface area contributed by atoms with E-state index in [1.807, 2.05) is 6.07 Å². The predicted molar refractivity (Wildman–Crippen MR) is 69.5 cm³/mol. The van der Waals surface area contributed by atoms with Gasteiger partial charge in [0.15, 0.2) is 0 Å². The van der Waals surface area contributed by atoms with Crippen LogP contribution in [0.25, 0.3) is 0 Å². The molecule has 0 bridgehead atoms. The summed E-state index contributed by atoms with van der Waals surface area (Å²) in [5.41, 5.74) is 5.73. The van der Waals surface area contributed by atoms with Crippen LogP contribution in [-0.2, 0) is 0 Å². The van der Waals surface area contributed by atoms with Crippen molar-refractivity contribution in [2.75, 3.05) is 20.1 Å². The van der Waals surface area contributed by atoms with Crippen LogP contribution < -0.4 is 5.73 Å². The van der Waals surface area contributed by atoms with Crippen molar-refractivity contribution in [2.45, 2.75) is 6.42 Å². The van der Waals surface area contributed by atoms with Crippen LogP contribution in [0.5, 0.6) is 0 Å².